The van der Waals surface area contributed by atoms with Gasteiger partial charge in [-0.1, -0.05) is 0 Å². The third-order valence-electron chi connectivity index (χ3n) is 2.88. The molecule has 0 bridgehead atoms. The van der Waals surface area contributed by atoms with Crippen LogP contribution in [0, 0.1) is 17.0 Å². The summed E-state index contributed by atoms with van der Waals surface area (Å²) in [6, 6.07) is 0.463. The average Bonchev–Trinajstić information content (AvgIpc) is 2.17. The van der Waals surface area contributed by atoms with Crippen LogP contribution in [0.25, 0.3) is 0 Å². The minimum atomic E-state index is -0.416. The molecule has 1 heterocycles. The Hall–Kier alpha value is -1.17. The van der Waals surface area contributed by atoms with Crippen LogP contribution in [-0.4, -0.2) is 15.9 Å². The lowest BCUT2D eigenvalue weighted by atomic mass is 9.93. The molecule has 1 aliphatic rings. The van der Waals surface area contributed by atoms with Crippen LogP contribution in [0.5, 0.6) is 0 Å². The minimum absolute atomic E-state index is 0.0473. The van der Waals surface area contributed by atoms with Gasteiger partial charge in [0, 0.05) is 11.6 Å². The Morgan fingerprint density at radius 1 is 1.62 bits per heavy atom. The fourth-order valence-corrected chi connectivity index (χ4v) is 2.02. The number of nitrogens with one attached hydrogen (secondary N) is 1. The Balaban J connectivity index is 2.26. The van der Waals surface area contributed by atoms with Crippen molar-refractivity contribution in [2.45, 2.75) is 32.2 Å². The molecule has 1 saturated carbocycles. The number of nitrogens with zero attached hydrogens (tertiary/aromatic N) is 2. The summed E-state index contributed by atoms with van der Waals surface area (Å²) >= 11 is 3.35. The van der Waals surface area contributed by atoms with Gasteiger partial charge >= 0.3 is 0 Å². The summed E-state index contributed by atoms with van der Waals surface area (Å²) in [5.41, 5.74) is 0.660. The van der Waals surface area contributed by atoms with Gasteiger partial charge in [-0.3, -0.25) is 10.1 Å². The van der Waals surface area contributed by atoms with E-state index in [-0.39, 0.29) is 5.69 Å². The molecule has 0 aromatic carbocycles. The third kappa shape index (κ3) is 2.02. The van der Waals surface area contributed by atoms with Crippen molar-refractivity contribution in [2.75, 3.05) is 5.32 Å². The van der Waals surface area contributed by atoms with Gasteiger partial charge < -0.3 is 5.32 Å². The molecule has 1 aromatic heterocycles. The molecule has 0 unspecified atom stereocenters. The van der Waals surface area contributed by atoms with Gasteiger partial charge in [-0.05, 0) is 42.1 Å². The Kier molecular flexibility index (Phi) is 3.09. The average molecular weight is 286 g/mol. The summed E-state index contributed by atoms with van der Waals surface area (Å²) < 4.78 is 0.689. The van der Waals surface area contributed by atoms with E-state index in [1.165, 1.54) is 12.6 Å². The first-order chi connectivity index (χ1) is 7.59. The van der Waals surface area contributed by atoms with E-state index in [1.807, 2.05) is 0 Å². The Labute approximate surface area is 102 Å². The van der Waals surface area contributed by atoms with Gasteiger partial charge in [-0.15, -0.1) is 0 Å². The first-order valence-electron chi connectivity index (χ1n) is 5.15. The van der Waals surface area contributed by atoms with Crippen LogP contribution in [0.15, 0.2) is 10.7 Å². The zero-order valence-electron chi connectivity index (χ0n) is 8.86. The normalized spacial score (nSPS) is 15.6. The minimum Gasteiger partial charge on any atom is -0.366 e. The summed E-state index contributed by atoms with van der Waals surface area (Å²) in [5, 5.41) is 14.0. The molecule has 1 aliphatic carbocycles. The van der Waals surface area contributed by atoms with E-state index in [0.29, 0.717) is 21.9 Å². The largest absolute Gasteiger partial charge is 0.366 e. The molecule has 16 heavy (non-hydrogen) atoms. The van der Waals surface area contributed by atoms with Crippen LogP contribution < -0.4 is 5.32 Å². The first kappa shape index (κ1) is 11.3. The monoisotopic (exact) mass is 285 g/mol. The van der Waals surface area contributed by atoms with Crippen molar-refractivity contribution >= 4 is 27.4 Å². The second-order valence-electron chi connectivity index (χ2n) is 3.96. The third-order valence-corrected chi connectivity index (χ3v) is 3.85. The fraction of sp³-hybridized carbons (Fsp3) is 0.500. The summed E-state index contributed by atoms with van der Waals surface area (Å²) in [4.78, 5) is 14.4. The van der Waals surface area contributed by atoms with Crippen LogP contribution in [0.4, 0.5) is 11.5 Å². The number of halogens is 1. The van der Waals surface area contributed by atoms with Gasteiger partial charge in [0.25, 0.3) is 5.69 Å². The predicted octanol–water partition coefficient (Wildman–Crippen LogP) is 3.03. The summed E-state index contributed by atoms with van der Waals surface area (Å²) in [5.74, 6) is 0.702. The molecule has 0 spiro atoms. The van der Waals surface area contributed by atoms with Crippen LogP contribution in [0.3, 0.4) is 0 Å². The van der Waals surface area contributed by atoms with Crippen molar-refractivity contribution in [1.82, 2.24) is 4.98 Å². The number of hydrogen-bond donors (Lipinski definition) is 1. The first-order valence-corrected chi connectivity index (χ1v) is 5.95. The van der Waals surface area contributed by atoms with Crippen molar-refractivity contribution in [2.24, 2.45) is 0 Å². The molecule has 1 fully saturated rings. The maximum absolute atomic E-state index is 10.7. The van der Waals surface area contributed by atoms with Gasteiger partial charge in [0.2, 0.25) is 0 Å². The quantitative estimate of drug-likeness (QED) is 0.685. The van der Waals surface area contributed by atoms with Crippen molar-refractivity contribution in [3.63, 3.8) is 0 Å². The molecular formula is C10H12BrN3O2. The predicted molar refractivity (Wildman–Crippen MR) is 64.6 cm³/mol. The molecule has 2 rings (SSSR count). The van der Waals surface area contributed by atoms with Crippen molar-refractivity contribution in [3.8, 4) is 0 Å². The lowest BCUT2D eigenvalue weighted by Crippen LogP contribution is -2.27. The van der Waals surface area contributed by atoms with Crippen LogP contribution in [0.1, 0.15) is 24.8 Å². The summed E-state index contributed by atoms with van der Waals surface area (Å²) in [6.07, 6.45) is 4.83. The maximum atomic E-state index is 10.7. The maximum Gasteiger partial charge on any atom is 0.291 e. The summed E-state index contributed by atoms with van der Waals surface area (Å²) in [6.45, 7) is 1.72. The molecule has 5 nitrogen and oxygen atoms in total. The van der Waals surface area contributed by atoms with E-state index in [0.717, 1.165) is 12.8 Å². The molecule has 0 atom stereocenters. The second kappa shape index (κ2) is 4.37. The van der Waals surface area contributed by atoms with Gasteiger partial charge in [0.05, 0.1) is 9.40 Å². The number of hydrogen-bond acceptors (Lipinski definition) is 4. The molecule has 0 amide bonds. The standard InChI is InChI=1S/C10H12BrN3O2/c1-6-8(14(15)16)5-12-10(9(6)11)13-7-3-2-4-7/h5,7H,2-4H2,1H3,(H,12,13). The highest BCUT2D eigenvalue weighted by Crippen LogP contribution is 2.32. The lowest BCUT2D eigenvalue weighted by molar-refractivity contribution is -0.385. The van der Waals surface area contributed by atoms with Crippen molar-refractivity contribution in [3.05, 3.63) is 26.3 Å². The molecule has 0 saturated heterocycles. The molecule has 86 valence electrons. The van der Waals surface area contributed by atoms with E-state index < -0.39 is 4.92 Å². The molecule has 1 N–H and O–H groups in total. The van der Waals surface area contributed by atoms with Gasteiger partial charge in [0.1, 0.15) is 12.0 Å². The highest BCUT2D eigenvalue weighted by Gasteiger charge is 2.21. The fourth-order valence-electron chi connectivity index (χ4n) is 1.60. The second-order valence-corrected chi connectivity index (χ2v) is 4.75. The zero-order chi connectivity index (χ0) is 11.7. The van der Waals surface area contributed by atoms with E-state index >= 15 is 0 Å². The lowest BCUT2D eigenvalue weighted by Gasteiger charge is -2.27. The van der Waals surface area contributed by atoms with Crippen molar-refractivity contribution < 1.29 is 4.92 Å². The number of aromatic nitrogens is 1. The van der Waals surface area contributed by atoms with E-state index in [2.05, 4.69) is 26.2 Å². The number of pyridine rings is 1. The molecule has 0 aliphatic heterocycles. The highest BCUT2D eigenvalue weighted by atomic mass is 79.9. The molecule has 1 aromatic rings. The highest BCUT2D eigenvalue weighted by molar-refractivity contribution is 9.10. The van der Waals surface area contributed by atoms with E-state index in [1.54, 1.807) is 6.92 Å². The number of anilines is 1. The molecular weight excluding hydrogens is 274 g/mol. The Bertz CT molecular complexity index is 432. The van der Waals surface area contributed by atoms with Gasteiger partial charge in [-0.2, -0.15) is 0 Å². The smallest absolute Gasteiger partial charge is 0.291 e. The van der Waals surface area contributed by atoms with Gasteiger partial charge in [-0.25, -0.2) is 4.98 Å². The van der Waals surface area contributed by atoms with Crippen molar-refractivity contribution in [1.29, 1.82) is 0 Å². The number of nitro groups is 1. The molecule has 6 heteroatoms. The van der Waals surface area contributed by atoms with Gasteiger partial charge in [0.15, 0.2) is 0 Å². The van der Waals surface area contributed by atoms with E-state index in [4.69, 9.17) is 0 Å². The van der Waals surface area contributed by atoms with Crippen LogP contribution >= 0.6 is 15.9 Å². The number of rotatable bonds is 3. The Morgan fingerprint density at radius 2 is 2.31 bits per heavy atom. The molecule has 0 radical (unpaired) electrons. The zero-order valence-corrected chi connectivity index (χ0v) is 10.5. The Morgan fingerprint density at radius 3 is 2.81 bits per heavy atom. The van der Waals surface area contributed by atoms with Crippen LogP contribution in [-0.2, 0) is 0 Å². The van der Waals surface area contributed by atoms with Crippen LogP contribution in [0.2, 0.25) is 0 Å². The SMILES string of the molecule is Cc1c([N+](=O)[O-])cnc(NC2CCC2)c1Br. The summed E-state index contributed by atoms with van der Waals surface area (Å²) in [7, 11) is 0. The van der Waals surface area contributed by atoms with E-state index in [9.17, 15) is 10.1 Å². The topological polar surface area (TPSA) is 68.1 Å².